The van der Waals surface area contributed by atoms with Crippen LogP contribution in [0.3, 0.4) is 0 Å². The maximum absolute atomic E-state index is 11.3. The van der Waals surface area contributed by atoms with E-state index in [0.717, 1.165) is 28.7 Å². The molecule has 0 fully saturated rings. The summed E-state index contributed by atoms with van der Waals surface area (Å²) in [5.74, 6) is 0.192. The smallest absolute Gasteiger partial charge is 0.353 e. The summed E-state index contributed by atoms with van der Waals surface area (Å²) in [6, 6.07) is 28.4. The van der Waals surface area contributed by atoms with E-state index < -0.39 is 5.97 Å². The molecular weight excluding hydrogens is 477 g/mol. The quantitative estimate of drug-likeness (QED) is 0.339. The second-order valence-electron chi connectivity index (χ2n) is 6.39. The van der Waals surface area contributed by atoms with E-state index in [1.54, 1.807) is 23.0 Å². The Bertz CT molecular complexity index is 954. The summed E-state index contributed by atoms with van der Waals surface area (Å²) in [5.41, 5.74) is 11.6. The third-order valence-electron chi connectivity index (χ3n) is 4.47. The standard InChI is InChI=1S/C24H22INO3/c25-29-23(27)17-28-21-13-11-20(12-14-21)24(19-9-5-2-6-10-19)22(15-16-26)18-7-3-1-4-8-18/h1-14H,15-17,26H2/b24-22-. The second kappa shape index (κ2) is 10.8. The summed E-state index contributed by atoms with van der Waals surface area (Å²) in [6.45, 7) is 0.437. The van der Waals surface area contributed by atoms with Gasteiger partial charge in [0.2, 0.25) is 0 Å². The average molecular weight is 499 g/mol. The minimum Gasteiger partial charge on any atom is -0.482 e. The Hall–Kier alpha value is -2.64. The minimum atomic E-state index is -0.422. The molecule has 3 aromatic rings. The highest BCUT2D eigenvalue weighted by atomic mass is 127. The third kappa shape index (κ3) is 5.68. The molecule has 5 heteroatoms. The predicted octanol–water partition coefficient (Wildman–Crippen LogP) is 5.27. The Morgan fingerprint density at radius 3 is 1.90 bits per heavy atom. The monoisotopic (exact) mass is 499 g/mol. The Balaban J connectivity index is 2.05. The fraction of sp³-hybridized carbons (Fsp3) is 0.125. The zero-order valence-corrected chi connectivity index (χ0v) is 18.0. The molecule has 0 atom stereocenters. The fourth-order valence-electron chi connectivity index (χ4n) is 3.20. The molecule has 3 rings (SSSR count). The van der Waals surface area contributed by atoms with Crippen LogP contribution in [0.15, 0.2) is 84.9 Å². The Morgan fingerprint density at radius 2 is 1.34 bits per heavy atom. The van der Waals surface area contributed by atoms with E-state index in [-0.39, 0.29) is 6.61 Å². The zero-order chi connectivity index (χ0) is 20.5. The van der Waals surface area contributed by atoms with Crippen LogP contribution in [0.1, 0.15) is 23.1 Å². The molecule has 2 N–H and O–H groups in total. The van der Waals surface area contributed by atoms with Gasteiger partial charge in [0.1, 0.15) is 5.75 Å². The highest BCUT2D eigenvalue weighted by Crippen LogP contribution is 2.34. The number of halogens is 1. The molecule has 0 spiro atoms. The van der Waals surface area contributed by atoms with Crippen molar-refractivity contribution in [3.05, 3.63) is 102 Å². The summed E-state index contributed by atoms with van der Waals surface area (Å²) >= 11 is 1.55. The van der Waals surface area contributed by atoms with E-state index >= 15 is 0 Å². The first-order valence-electron chi connectivity index (χ1n) is 9.31. The molecule has 0 aliphatic carbocycles. The lowest BCUT2D eigenvalue weighted by molar-refractivity contribution is -0.133. The summed E-state index contributed by atoms with van der Waals surface area (Å²) < 4.78 is 10.1. The summed E-state index contributed by atoms with van der Waals surface area (Å²) in [5, 5.41) is 0. The largest absolute Gasteiger partial charge is 0.482 e. The minimum absolute atomic E-state index is 0.119. The SMILES string of the molecule is NCC/C(=C(\c1ccccc1)c1ccc(OCC(=O)OI)cc1)c1ccccc1. The van der Waals surface area contributed by atoms with Crippen LogP contribution in [0.5, 0.6) is 5.75 Å². The number of carbonyl (C=O) groups excluding carboxylic acids is 1. The normalized spacial score (nSPS) is 11.5. The topological polar surface area (TPSA) is 61.5 Å². The maximum Gasteiger partial charge on any atom is 0.353 e. The van der Waals surface area contributed by atoms with Crippen LogP contribution in [-0.2, 0) is 7.86 Å². The van der Waals surface area contributed by atoms with Gasteiger partial charge in [0.25, 0.3) is 0 Å². The lowest BCUT2D eigenvalue weighted by Gasteiger charge is -2.17. The van der Waals surface area contributed by atoms with Crippen LogP contribution < -0.4 is 10.5 Å². The molecule has 3 aromatic carbocycles. The van der Waals surface area contributed by atoms with Gasteiger partial charge in [-0.3, -0.25) is 0 Å². The van der Waals surface area contributed by atoms with Gasteiger partial charge >= 0.3 is 5.97 Å². The molecule has 0 radical (unpaired) electrons. The Labute approximate surface area is 185 Å². The second-order valence-corrected chi connectivity index (χ2v) is 6.83. The van der Waals surface area contributed by atoms with E-state index in [9.17, 15) is 4.79 Å². The van der Waals surface area contributed by atoms with Crippen molar-refractivity contribution in [2.45, 2.75) is 6.42 Å². The van der Waals surface area contributed by atoms with Gasteiger partial charge in [-0.1, -0.05) is 72.8 Å². The first kappa shape index (κ1) is 21.1. The molecule has 0 heterocycles. The molecule has 0 saturated carbocycles. The third-order valence-corrected chi connectivity index (χ3v) is 4.96. The van der Waals surface area contributed by atoms with E-state index in [1.807, 2.05) is 60.7 Å². The summed E-state index contributed by atoms with van der Waals surface area (Å²) in [6.07, 6.45) is 0.758. The van der Waals surface area contributed by atoms with Crippen LogP contribution >= 0.6 is 23.0 Å². The fourth-order valence-corrected chi connectivity index (χ4v) is 3.33. The Morgan fingerprint density at radius 1 is 0.793 bits per heavy atom. The van der Waals surface area contributed by atoms with Crippen LogP contribution in [0.4, 0.5) is 0 Å². The number of nitrogens with two attached hydrogens (primary N) is 1. The number of hydrogen-bond donors (Lipinski definition) is 1. The van der Waals surface area contributed by atoms with Crippen molar-refractivity contribution < 1.29 is 12.6 Å². The number of ether oxygens (including phenoxy) is 1. The van der Waals surface area contributed by atoms with Gasteiger partial charge in [-0.15, -0.1) is 0 Å². The Kier molecular flexibility index (Phi) is 7.84. The van der Waals surface area contributed by atoms with Gasteiger partial charge in [0, 0.05) is 0 Å². The predicted molar refractivity (Wildman–Crippen MR) is 125 cm³/mol. The van der Waals surface area contributed by atoms with Crippen molar-refractivity contribution in [1.29, 1.82) is 0 Å². The molecule has 0 aromatic heterocycles. The number of hydrogen-bond acceptors (Lipinski definition) is 4. The van der Waals surface area contributed by atoms with Gasteiger partial charge in [-0.2, -0.15) is 0 Å². The van der Waals surface area contributed by atoms with Crippen molar-refractivity contribution in [1.82, 2.24) is 0 Å². The average Bonchev–Trinajstić information content (AvgIpc) is 2.79. The summed E-state index contributed by atoms with van der Waals surface area (Å²) in [4.78, 5) is 11.3. The van der Waals surface area contributed by atoms with Gasteiger partial charge in [0.15, 0.2) is 29.6 Å². The molecule has 0 aliphatic heterocycles. The number of carbonyl (C=O) groups is 1. The maximum atomic E-state index is 11.3. The van der Waals surface area contributed by atoms with E-state index in [0.29, 0.717) is 12.3 Å². The van der Waals surface area contributed by atoms with Crippen LogP contribution in [-0.4, -0.2) is 19.1 Å². The van der Waals surface area contributed by atoms with Crippen molar-refractivity contribution in [2.24, 2.45) is 5.73 Å². The molecule has 0 bridgehead atoms. The van der Waals surface area contributed by atoms with E-state index in [4.69, 9.17) is 10.5 Å². The van der Waals surface area contributed by atoms with Crippen molar-refractivity contribution >= 4 is 40.1 Å². The van der Waals surface area contributed by atoms with Crippen molar-refractivity contribution in [3.8, 4) is 5.75 Å². The van der Waals surface area contributed by atoms with E-state index in [1.165, 1.54) is 5.57 Å². The van der Waals surface area contributed by atoms with Gasteiger partial charge in [-0.25, -0.2) is 4.79 Å². The summed E-state index contributed by atoms with van der Waals surface area (Å²) in [7, 11) is 0. The molecule has 29 heavy (non-hydrogen) atoms. The molecule has 4 nitrogen and oxygen atoms in total. The van der Waals surface area contributed by atoms with Crippen molar-refractivity contribution in [3.63, 3.8) is 0 Å². The van der Waals surface area contributed by atoms with Crippen LogP contribution in [0.25, 0.3) is 11.1 Å². The van der Waals surface area contributed by atoms with Gasteiger partial charge < -0.3 is 13.5 Å². The van der Waals surface area contributed by atoms with Crippen LogP contribution in [0.2, 0.25) is 0 Å². The molecule has 0 amide bonds. The molecular formula is C24H22INO3. The first-order valence-corrected chi connectivity index (χ1v) is 10.2. The lowest BCUT2D eigenvalue weighted by atomic mass is 9.88. The molecule has 148 valence electrons. The first-order chi connectivity index (χ1) is 14.2. The van der Waals surface area contributed by atoms with Crippen molar-refractivity contribution in [2.75, 3.05) is 13.2 Å². The lowest BCUT2D eigenvalue weighted by Crippen LogP contribution is -2.10. The molecule has 0 unspecified atom stereocenters. The van der Waals surface area contributed by atoms with Crippen LogP contribution in [0, 0.1) is 0 Å². The van der Waals surface area contributed by atoms with Gasteiger partial charge in [0.05, 0.1) is 0 Å². The number of rotatable bonds is 8. The zero-order valence-electron chi connectivity index (χ0n) is 15.9. The van der Waals surface area contributed by atoms with E-state index in [2.05, 4.69) is 27.3 Å². The van der Waals surface area contributed by atoms with Gasteiger partial charge in [-0.05, 0) is 52.9 Å². The molecule has 0 aliphatic rings. The molecule has 0 saturated heterocycles. The highest BCUT2D eigenvalue weighted by molar-refractivity contribution is 14.1. The number of benzene rings is 3. The highest BCUT2D eigenvalue weighted by Gasteiger charge is 2.14.